The molecule has 12 heavy (non-hydrogen) atoms. The van der Waals surface area contributed by atoms with Crippen LogP contribution in [0.15, 0.2) is 0 Å². The average Bonchev–Trinajstić information content (AvgIpc) is 2.17. The molecule has 4 nitrogen and oxygen atoms in total. The molecule has 0 aromatic rings. The number of carbonyl (C=O) groups is 1. The summed E-state index contributed by atoms with van der Waals surface area (Å²) in [4.78, 5) is 14.1. The summed E-state index contributed by atoms with van der Waals surface area (Å²) in [7, 11) is 0. The van der Waals surface area contributed by atoms with Gasteiger partial charge in [-0.15, -0.1) is 0 Å². The van der Waals surface area contributed by atoms with Crippen LogP contribution in [-0.4, -0.2) is 53.8 Å². The molecule has 5 heteroatoms. The first kappa shape index (κ1) is 9.38. The molecule has 1 rings (SSSR count). The smallest absolute Gasteiger partial charge is 0.209 e. The molecule has 1 fully saturated rings. The Balaban J connectivity index is 2.35. The summed E-state index contributed by atoms with van der Waals surface area (Å²) in [5.41, 5.74) is 0. The van der Waals surface area contributed by atoms with Crippen molar-refractivity contribution in [1.82, 2.24) is 9.80 Å². The molecule has 1 aliphatic rings. The molecule has 0 saturated carbocycles. The standard InChI is InChI=1S/C7H13N3OS/c1-12-7(8)10-4-2-9(6-11)3-5-10/h6,8H,2-5H2,1H3. The van der Waals surface area contributed by atoms with Gasteiger partial charge in [0.25, 0.3) is 0 Å². The van der Waals surface area contributed by atoms with Gasteiger partial charge in [0.2, 0.25) is 6.41 Å². The third kappa shape index (κ3) is 2.14. The summed E-state index contributed by atoms with van der Waals surface area (Å²) >= 11 is 1.44. The van der Waals surface area contributed by atoms with Gasteiger partial charge < -0.3 is 9.80 Å². The minimum absolute atomic E-state index is 0.598. The van der Waals surface area contributed by atoms with E-state index in [-0.39, 0.29) is 0 Å². The fourth-order valence-electron chi connectivity index (χ4n) is 1.16. The number of hydrogen-bond donors (Lipinski definition) is 1. The molecular weight excluding hydrogens is 174 g/mol. The Morgan fingerprint density at radius 2 is 2.00 bits per heavy atom. The first-order valence-corrected chi connectivity index (χ1v) is 5.07. The Labute approximate surface area is 76.4 Å². The van der Waals surface area contributed by atoms with Gasteiger partial charge in [0.15, 0.2) is 5.17 Å². The van der Waals surface area contributed by atoms with Crippen molar-refractivity contribution >= 4 is 23.3 Å². The number of hydrogen-bond acceptors (Lipinski definition) is 3. The monoisotopic (exact) mass is 187 g/mol. The van der Waals surface area contributed by atoms with E-state index in [2.05, 4.69) is 0 Å². The van der Waals surface area contributed by atoms with E-state index in [0.29, 0.717) is 5.17 Å². The number of amidine groups is 1. The molecule has 68 valence electrons. The van der Waals surface area contributed by atoms with Crippen LogP contribution in [0, 0.1) is 5.41 Å². The number of amides is 1. The van der Waals surface area contributed by atoms with Crippen LogP contribution in [0.2, 0.25) is 0 Å². The van der Waals surface area contributed by atoms with Gasteiger partial charge in [-0.2, -0.15) is 0 Å². The van der Waals surface area contributed by atoms with Crippen LogP contribution in [0.5, 0.6) is 0 Å². The summed E-state index contributed by atoms with van der Waals surface area (Å²) in [6.07, 6.45) is 2.77. The predicted octanol–water partition coefficient (Wildman–Crippen LogP) is 0.0582. The maximum Gasteiger partial charge on any atom is 0.209 e. The number of nitrogens with zero attached hydrogens (tertiary/aromatic N) is 2. The van der Waals surface area contributed by atoms with Crippen molar-refractivity contribution in [3.8, 4) is 0 Å². The van der Waals surface area contributed by atoms with Gasteiger partial charge in [-0.05, 0) is 6.26 Å². The van der Waals surface area contributed by atoms with E-state index in [1.807, 2.05) is 11.2 Å². The van der Waals surface area contributed by atoms with E-state index < -0.39 is 0 Å². The highest BCUT2D eigenvalue weighted by atomic mass is 32.2. The lowest BCUT2D eigenvalue weighted by Crippen LogP contribution is -2.47. The molecular formula is C7H13N3OS. The molecule has 0 bridgehead atoms. The lowest BCUT2D eigenvalue weighted by Gasteiger charge is -2.33. The summed E-state index contributed by atoms with van der Waals surface area (Å²) in [5, 5.41) is 8.13. The maximum atomic E-state index is 10.4. The lowest BCUT2D eigenvalue weighted by molar-refractivity contribution is -0.119. The maximum absolute atomic E-state index is 10.4. The molecule has 0 atom stereocenters. The Hall–Kier alpha value is -0.710. The third-order valence-corrected chi connectivity index (χ3v) is 2.59. The molecule has 0 unspecified atom stereocenters. The summed E-state index contributed by atoms with van der Waals surface area (Å²) < 4.78 is 0. The van der Waals surface area contributed by atoms with Crippen LogP contribution in [0.1, 0.15) is 0 Å². The Morgan fingerprint density at radius 1 is 1.42 bits per heavy atom. The second kappa shape index (κ2) is 4.35. The third-order valence-electron chi connectivity index (χ3n) is 1.94. The first-order valence-electron chi connectivity index (χ1n) is 3.84. The SMILES string of the molecule is CSC(=N)N1CCN(C=O)CC1. The fraction of sp³-hybridized carbons (Fsp3) is 0.714. The average molecular weight is 187 g/mol. The van der Waals surface area contributed by atoms with Crippen LogP contribution in [0.25, 0.3) is 0 Å². The van der Waals surface area contributed by atoms with Gasteiger partial charge in [-0.25, -0.2) is 0 Å². The molecule has 0 spiro atoms. The predicted molar refractivity (Wildman–Crippen MR) is 50.5 cm³/mol. The van der Waals surface area contributed by atoms with Crippen LogP contribution < -0.4 is 0 Å². The van der Waals surface area contributed by atoms with Crippen molar-refractivity contribution in [2.75, 3.05) is 32.4 Å². The van der Waals surface area contributed by atoms with Gasteiger partial charge in [0, 0.05) is 26.2 Å². The zero-order valence-corrected chi connectivity index (χ0v) is 7.93. The van der Waals surface area contributed by atoms with Crippen molar-refractivity contribution in [2.45, 2.75) is 0 Å². The van der Waals surface area contributed by atoms with E-state index >= 15 is 0 Å². The number of carbonyl (C=O) groups excluding carboxylic acids is 1. The van der Waals surface area contributed by atoms with Crippen molar-refractivity contribution in [3.05, 3.63) is 0 Å². The molecule has 0 radical (unpaired) electrons. The first-order chi connectivity index (χ1) is 5.77. The molecule has 0 aliphatic carbocycles. The Bertz CT molecular complexity index is 177. The van der Waals surface area contributed by atoms with Crippen LogP contribution >= 0.6 is 11.8 Å². The van der Waals surface area contributed by atoms with Gasteiger partial charge in [0.1, 0.15) is 0 Å². The molecule has 1 saturated heterocycles. The number of piperazine rings is 1. The minimum Gasteiger partial charge on any atom is -0.348 e. The highest BCUT2D eigenvalue weighted by Gasteiger charge is 2.16. The minimum atomic E-state index is 0.598. The van der Waals surface area contributed by atoms with E-state index in [1.54, 1.807) is 4.90 Å². The molecule has 1 heterocycles. The second-order valence-electron chi connectivity index (χ2n) is 2.64. The van der Waals surface area contributed by atoms with Crippen molar-refractivity contribution < 1.29 is 4.79 Å². The van der Waals surface area contributed by atoms with Gasteiger partial charge in [-0.3, -0.25) is 10.2 Å². The number of thioether (sulfide) groups is 1. The van der Waals surface area contributed by atoms with E-state index in [9.17, 15) is 4.79 Å². The van der Waals surface area contributed by atoms with E-state index in [4.69, 9.17) is 5.41 Å². The summed E-state index contributed by atoms with van der Waals surface area (Å²) in [6.45, 7) is 3.07. The Morgan fingerprint density at radius 3 is 2.42 bits per heavy atom. The van der Waals surface area contributed by atoms with Crippen molar-refractivity contribution in [3.63, 3.8) is 0 Å². The summed E-state index contributed by atoms with van der Waals surface area (Å²) in [5.74, 6) is 0. The molecule has 1 N–H and O–H groups in total. The fourth-order valence-corrected chi connectivity index (χ4v) is 1.60. The summed E-state index contributed by atoms with van der Waals surface area (Å²) in [6, 6.07) is 0. The van der Waals surface area contributed by atoms with Crippen LogP contribution in [-0.2, 0) is 4.79 Å². The zero-order chi connectivity index (χ0) is 8.97. The molecule has 1 aliphatic heterocycles. The van der Waals surface area contributed by atoms with Crippen LogP contribution in [0.3, 0.4) is 0 Å². The van der Waals surface area contributed by atoms with E-state index in [1.165, 1.54) is 11.8 Å². The lowest BCUT2D eigenvalue weighted by atomic mass is 10.3. The van der Waals surface area contributed by atoms with Gasteiger partial charge in [-0.1, -0.05) is 11.8 Å². The number of nitrogens with one attached hydrogen (secondary N) is 1. The zero-order valence-electron chi connectivity index (χ0n) is 7.12. The highest BCUT2D eigenvalue weighted by Crippen LogP contribution is 2.06. The Kier molecular flexibility index (Phi) is 3.40. The van der Waals surface area contributed by atoms with Crippen LogP contribution in [0.4, 0.5) is 0 Å². The van der Waals surface area contributed by atoms with Gasteiger partial charge in [0.05, 0.1) is 0 Å². The largest absolute Gasteiger partial charge is 0.348 e. The quantitative estimate of drug-likeness (QED) is 0.359. The van der Waals surface area contributed by atoms with Crippen molar-refractivity contribution in [1.29, 1.82) is 5.41 Å². The van der Waals surface area contributed by atoms with E-state index in [0.717, 1.165) is 32.6 Å². The molecule has 0 aromatic carbocycles. The number of rotatable bonds is 1. The normalized spacial score (nSPS) is 17.8. The molecule has 0 aromatic heterocycles. The van der Waals surface area contributed by atoms with Crippen molar-refractivity contribution in [2.24, 2.45) is 0 Å². The topological polar surface area (TPSA) is 47.4 Å². The molecule has 1 amide bonds. The van der Waals surface area contributed by atoms with Gasteiger partial charge >= 0.3 is 0 Å². The highest BCUT2D eigenvalue weighted by molar-refractivity contribution is 8.13. The second-order valence-corrected chi connectivity index (χ2v) is 3.43.